The minimum atomic E-state index is -0.712. The largest absolute Gasteiger partial charge is 0.444 e. The summed E-state index contributed by atoms with van der Waals surface area (Å²) >= 11 is 2.77. The van der Waals surface area contributed by atoms with Gasteiger partial charge in [0.25, 0.3) is 0 Å². The molecule has 0 heterocycles. The molecular formula is C12H14BrF2NO2. The predicted octanol–water partition coefficient (Wildman–Crippen LogP) is 3.75. The normalized spacial score (nSPS) is 11.2. The van der Waals surface area contributed by atoms with Crippen LogP contribution in [0.2, 0.25) is 0 Å². The molecule has 0 aromatic heterocycles. The van der Waals surface area contributed by atoms with Gasteiger partial charge in [-0.1, -0.05) is 0 Å². The molecule has 0 bridgehead atoms. The molecule has 0 saturated heterocycles. The van der Waals surface area contributed by atoms with Gasteiger partial charge < -0.3 is 10.1 Å². The fraction of sp³-hybridized carbons (Fsp3) is 0.417. The Morgan fingerprint density at radius 3 is 2.28 bits per heavy atom. The topological polar surface area (TPSA) is 38.3 Å². The second-order valence-electron chi connectivity index (χ2n) is 4.73. The molecule has 1 rings (SSSR count). The monoisotopic (exact) mass is 321 g/mol. The van der Waals surface area contributed by atoms with Gasteiger partial charge in [0.2, 0.25) is 0 Å². The zero-order chi connectivity index (χ0) is 13.9. The van der Waals surface area contributed by atoms with Crippen LogP contribution in [0.4, 0.5) is 13.6 Å². The van der Waals surface area contributed by atoms with Gasteiger partial charge in [0.05, 0.1) is 4.47 Å². The number of carbonyl (C=O) groups is 1. The molecule has 1 aromatic carbocycles. The third kappa shape index (κ3) is 4.60. The van der Waals surface area contributed by atoms with Gasteiger partial charge in [-0.05, 0) is 54.4 Å². The van der Waals surface area contributed by atoms with E-state index in [0.717, 1.165) is 12.1 Å². The molecule has 1 aromatic rings. The molecular weight excluding hydrogens is 308 g/mol. The van der Waals surface area contributed by atoms with Crippen LogP contribution in [0.1, 0.15) is 26.3 Å². The second-order valence-corrected chi connectivity index (χ2v) is 5.52. The van der Waals surface area contributed by atoms with Crippen molar-refractivity contribution in [2.45, 2.75) is 32.9 Å². The van der Waals surface area contributed by atoms with Crippen LogP contribution in [0.5, 0.6) is 0 Å². The minimum absolute atomic E-state index is 0.00394. The lowest BCUT2D eigenvalue weighted by molar-refractivity contribution is 0.0523. The fourth-order valence-corrected chi connectivity index (χ4v) is 1.43. The maximum absolute atomic E-state index is 13.2. The van der Waals surface area contributed by atoms with Crippen LogP contribution in [0.3, 0.4) is 0 Å². The first-order valence-electron chi connectivity index (χ1n) is 5.29. The van der Waals surface area contributed by atoms with Crippen molar-refractivity contribution in [1.82, 2.24) is 5.32 Å². The molecule has 0 saturated carbocycles. The zero-order valence-corrected chi connectivity index (χ0v) is 11.9. The Labute approximate surface area is 113 Å². The molecule has 0 radical (unpaired) electrons. The Bertz CT molecular complexity index is 435. The third-order valence-corrected chi connectivity index (χ3v) is 2.64. The van der Waals surface area contributed by atoms with Crippen molar-refractivity contribution >= 4 is 22.0 Å². The molecule has 0 aliphatic rings. The standard InChI is InChI=1S/C12H14BrF2NO2/c1-12(2,3)18-11(17)16-6-7-4-8(14)10(13)9(15)5-7/h4-5H,6H2,1-3H3,(H,16,17). The first kappa shape index (κ1) is 14.9. The van der Waals surface area contributed by atoms with Gasteiger partial charge >= 0.3 is 6.09 Å². The van der Waals surface area contributed by atoms with Gasteiger partial charge in [0.15, 0.2) is 0 Å². The number of benzene rings is 1. The van der Waals surface area contributed by atoms with Gasteiger partial charge in [0.1, 0.15) is 17.2 Å². The number of hydrogen-bond donors (Lipinski definition) is 1. The van der Waals surface area contributed by atoms with Crippen molar-refractivity contribution in [3.63, 3.8) is 0 Å². The number of alkyl carbamates (subject to hydrolysis) is 1. The average molecular weight is 322 g/mol. The molecule has 0 atom stereocenters. The van der Waals surface area contributed by atoms with Crippen molar-refractivity contribution in [2.24, 2.45) is 0 Å². The van der Waals surface area contributed by atoms with E-state index in [1.165, 1.54) is 0 Å². The molecule has 18 heavy (non-hydrogen) atoms. The number of hydrogen-bond acceptors (Lipinski definition) is 2. The van der Waals surface area contributed by atoms with Crippen molar-refractivity contribution in [3.8, 4) is 0 Å². The third-order valence-electron chi connectivity index (χ3n) is 1.88. The maximum atomic E-state index is 13.2. The van der Waals surface area contributed by atoms with Gasteiger partial charge in [-0.15, -0.1) is 0 Å². The van der Waals surface area contributed by atoms with Crippen molar-refractivity contribution in [3.05, 3.63) is 33.8 Å². The molecule has 0 fully saturated rings. The molecule has 100 valence electrons. The SMILES string of the molecule is CC(C)(C)OC(=O)NCc1cc(F)c(Br)c(F)c1. The number of amides is 1. The molecule has 1 N–H and O–H groups in total. The summed E-state index contributed by atoms with van der Waals surface area (Å²) in [5, 5.41) is 2.42. The van der Waals surface area contributed by atoms with E-state index in [1.807, 2.05) is 0 Å². The van der Waals surface area contributed by atoms with E-state index in [-0.39, 0.29) is 11.0 Å². The summed E-state index contributed by atoms with van der Waals surface area (Å²) in [6.45, 7) is 5.18. The first-order chi connectivity index (χ1) is 8.19. The lowest BCUT2D eigenvalue weighted by atomic mass is 10.2. The molecule has 0 spiro atoms. The van der Waals surface area contributed by atoms with E-state index in [0.29, 0.717) is 5.56 Å². The highest BCUT2D eigenvalue weighted by Gasteiger charge is 2.16. The maximum Gasteiger partial charge on any atom is 0.407 e. The van der Waals surface area contributed by atoms with E-state index < -0.39 is 23.3 Å². The zero-order valence-electron chi connectivity index (χ0n) is 10.3. The van der Waals surface area contributed by atoms with E-state index in [1.54, 1.807) is 20.8 Å². The summed E-state index contributed by atoms with van der Waals surface area (Å²) in [7, 11) is 0. The number of rotatable bonds is 2. The molecule has 3 nitrogen and oxygen atoms in total. The van der Waals surface area contributed by atoms with E-state index in [9.17, 15) is 13.6 Å². The van der Waals surface area contributed by atoms with Crippen LogP contribution in [0.25, 0.3) is 0 Å². The summed E-state index contributed by atoms with van der Waals surface area (Å²) in [5.41, 5.74) is -0.292. The molecule has 6 heteroatoms. The predicted molar refractivity (Wildman–Crippen MR) is 67.1 cm³/mol. The fourth-order valence-electron chi connectivity index (χ4n) is 1.20. The summed E-state index contributed by atoms with van der Waals surface area (Å²) in [4.78, 5) is 11.3. The van der Waals surface area contributed by atoms with E-state index >= 15 is 0 Å². The van der Waals surface area contributed by atoms with Gasteiger partial charge in [-0.3, -0.25) is 0 Å². The molecule has 1 amide bonds. The van der Waals surface area contributed by atoms with Crippen LogP contribution in [-0.2, 0) is 11.3 Å². The Hall–Kier alpha value is -1.17. The summed E-state index contributed by atoms with van der Waals surface area (Å²) in [6.07, 6.45) is -0.633. The van der Waals surface area contributed by atoms with E-state index in [4.69, 9.17) is 4.74 Å². The average Bonchev–Trinajstić information content (AvgIpc) is 2.20. The Morgan fingerprint density at radius 1 is 1.33 bits per heavy atom. The molecule has 0 aliphatic heterocycles. The summed E-state index contributed by atoms with van der Waals surface area (Å²) < 4.78 is 31.2. The van der Waals surface area contributed by atoms with E-state index in [2.05, 4.69) is 21.2 Å². The van der Waals surface area contributed by atoms with Gasteiger partial charge in [-0.2, -0.15) is 0 Å². The molecule has 0 aliphatic carbocycles. The van der Waals surface area contributed by atoms with Crippen molar-refractivity contribution < 1.29 is 18.3 Å². The highest BCUT2D eigenvalue weighted by molar-refractivity contribution is 9.10. The van der Waals surface area contributed by atoms with Gasteiger partial charge in [0, 0.05) is 6.54 Å². The highest BCUT2D eigenvalue weighted by Crippen LogP contribution is 2.21. The lowest BCUT2D eigenvalue weighted by Gasteiger charge is -2.19. The highest BCUT2D eigenvalue weighted by atomic mass is 79.9. The van der Waals surface area contributed by atoms with Crippen LogP contribution in [-0.4, -0.2) is 11.7 Å². The smallest absolute Gasteiger partial charge is 0.407 e. The first-order valence-corrected chi connectivity index (χ1v) is 6.08. The summed E-state index contributed by atoms with van der Waals surface area (Å²) in [6, 6.07) is 2.29. The Balaban J connectivity index is 2.62. The lowest BCUT2D eigenvalue weighted by Crippen LogP contribution is -2.32. The number of ether oxygens (including phenoxy) is 1. The Kier molecular flexibility index (Phi) is 4.67. The second kappa shape index (κ2) is 5.65. The minimum Gasteiger partial charge on any atom is -0.444 e. The van der Waals surface area contributed by atoms with Crippen molar-refractivity contribution in [2.75, 3.05) is 0 Å². The number of halogens is 3. The van der Waals surface area contributed by atoms with Crippen LogP contribution in [0.15, 0.2) is 16.6 Å². The van der Waals surface area contributed by atoms with Gasteiger partial charge in [-0.25, -0.2) is 13.6 Å². The molecule has 0 unspecified atom stereocenters. The van der Waals surface area contributed by atoms with Crippen LogP contribution in [0, 0.1) is 11.6 Å². The number of nitrogens with one attached hydrogen (secondary N) is 1. The van der Waals surface area contributed by atoms with Crippen LogP contribution < -0.4 is 5.32 Å². The quantitative estimate of drug-likeness (QED) is 0.842. The number of carbonyl (C=O) groups excluding carboxylic acids is 1. The van der Waals surface area contributed by atoms with Crippen LogP contribution >= 0.6 is 15.9 Å². The van der Waals surface area contributed by atoms with Crippen molar-refractivity contribution in [1.29, 1.82) is 0 Å². The summed E-state index contributed by atoms with van der Waals surface area (Å²) in [5.74, 6) is -1.42. The Morgan fingerprint density at radius 2 is 1.83 bits per heavy atom.